The van der Waals surface area contributed by atoms with Gasteiger partial charge >= 0.3 is 0 Å². The van der Waals surface area contributed by atoms with E-state index in [1.807, 2.05) is 25.1 Å². The largest absolute Gasteiger partial charge is 0.370 e. The fourth-order valence-corrected chi connectivity index (χ4v) is 3.37. The molecule has 0 bridgehead atoms. The number of nitrogens with one attached hydrogen (secondary N) is 2. The molecular weight excluding hydrogens is 324 g/mol. The van der Waals surface area contributed by atoms with Gasteiger partial charge in [-0.05, 0) is 37.3 Å². The van der Waals surface area contributed by atoms with Gasteiger partial charge in [0, 0.05) is 12.3 Å². The highest BCUT2D eigenvalue weighted by molar-refractivity contribution is 7.99. The number of amides is 1. The Morgan fingerprint density at radius 1 is 1.50 bits per heavy atom. The van der Waals surface area contributed by atoms with Gasteiger partial charge in [-0.1, -0.05) is 36.9 Å². The Hall–Kier alpha value is -1.86. The summed E-state index contributed by atoms with van der Waals surface area (Å²) in [7, 11) is 0. The summed E-state index contributed by atoms with van der Waals surface area (Å²) in [6.07, 6.45) is 2.91. The second kappa shape index (κ2) is 7.81. The van der Waals surface area contributed by atoms with Crippen molar-refractivity contribution in [2.24, 2.45) is 0 Å². The fourth-order valence-electron chi connectivity index (χ4n) is 2.77. The number of hydrogen-bond acceptors (Lipinski definition) is 5. The normalized spacial score (nSPS) is 17.2. The maximum atomic E-state index is 12.2. The molecule has 1 aliphatic heterocycles. The number of rotatable bonds is 6. The van der Waals surface area contributed by atoms with E-state index in [0.29, 0.717) is 5.16 Å². The number of thioether (sulfide) groups is 1. The highest BCUT2D eigenvalue weighted by Crippen LogP contribution is 2.27. The summed E-state index contributed by atoms with van der Waals surface area (Å²) >= 11 is 1.33. The molecule has 7 heteroatoms. The summed E-state index contributed by atoms with van der Waals surface area (Å²) in [5.41, 5.74) is 3.14. The van der Waals surface area contributed by atoms with Crippen molar-refractivity contribution in [3.05, 3.63) is 35.2 Å². The number of para-hydroxylation sites is 1. The Morgan fingerprint density at radius 2 is 2.38 bits per heavy atom. The quantitative estimate of drug-likeness (QED) is 0.785. The van der Waals surface area contributed by atoms with Crippen LogP contribution < -0.4 is 5.32 Å². The zero-order valence-electron chi connectivity index (χ0n) is 14.0. The van der Waals surface area contributed by atoms with Crippen molar-refractivity contribution in [2.45, 2.75) is 44.4 Å². The zero-order valence-corrected chi connectivity index (χ0v) is 14.8. The van der Waals surface area contributed by atoms with Crippen LogP contribution in [0.15, 0.2) is 23.4 Å². The van der Waals surface area contributed by atoms with Crippen LogP contribution in [0.1, 0.15) is 42.8 Å². The Bertz CT molecular complexity index is 710. The van der Waals surface area contributed by atoms with E-state index in [-0.39, 0.29) is 17.8 Å². The minimum atomic E-state index is -0.0486. The molecule has 0 unspecified atom stereocenters. The molecule has 1 amide bonds. The van der Waals surface area contributed by atoms with E-state index in [4.69, 9.17) is 4.74 Å². The lowest BCUT2D eigenvalue weighted by Gasteiger charge is -2.12. The molecule has 1 aromatic heterocycles. The number of aromatic amines is 1. The molecule has 24 heavy (non-hydrogen) atoms. The van der Waals surface area contributed by atoms with Crippen LogP contribution in [0.5, 0.6) is 0 Å². The number of benzene rings is 1. The van der Waals surface area contributed by atoms with Gasteiger partial charge < -0.3 is 10.1 Å². The molecule has 1 fully saturated rings. The molecule has 0 radical (unpaired) electrons. The predicted molar refractivity (Wildman–Crippen MR) is 94.2 cm³/mol. The van der Waals surface area contributed by atoms with Crippen molar-refractivity contribution in [2.75, 3.05) is 17.7 Å². The summed E-state index contributed by atoms with van der Waals surface area (Å²) in [6, 6.07) is 6.06. The number of hydrogen-bond donors (Lipinski definition) is 2. The van der Waals surface area contributed by atoms with Crippen molar-refractivity contribution in [3.63, 3.8) is 0 Å². The van der Waals surface area contributed by atoms with Crippen LogP contribution in [0, 0.1) is 6.92 Å². The Balaban J connectivity index is 1.56. The maximum absolute atomic E-state index is 12.2. The molecule has 2 aromatic rings. The minimum Gasteiger partial charge on any atom is -0.370 e. The molecule has 0 spiro atoms. The van der Waals surface area contributed by atoms with Crippen molar-refractivity contribution >= 4 is 23.4 Å². The van der Waals surface area contributed by atoms with Crippen molar-refractivity contribution in [3.8, 4) is 0 Å². The van der Waals surface area contributed by atoms with E-state index in [9.17, 15) is 4.79 Å². The second-order valence-corrected chi connectivity index (χ2v) is 6.75. The Morgan fingerprint density at radius 3 is 3.12 bits per heavy atom. The number of nitrogens with zero attached hydrogens (tertiary/aromatic N) is 2. The van der Waals surface area contributed by atoms with Gasteiger partial charge in [0.1, 0.15) is 6.10 Å². The summed E-state index contributed by atoms with van der Waals surface area (Å²) in [5, 5.41) is 10.7. The van der Waals surface area contributed by atoms with E-state index in [0.717, 1.165) is 48.5 Å². The molecule has 1 saturated heterocycles. The lowest BCUT2D eigenvalue weighted by Crippen LogP contribution is -2.16. The summed E-state index contributed by atoms with van der Waals surface area (Å²) < 4.78 is 5.57. The molecule has 3 rings (SSSR count). The highest BCUT2D eigenvalue weighted by Gasteiger charge is 2.21. The molecule has 2 heterocycles. The Labute approximate surface area is 145 Å². The topological polar surface area (TPSA) is 79.9 Å². The van der Waals surface area contributed by atoms with Crippen LogP contribution in [-0.4, -0.2) is 33.4 Å². The van der Waals surface area contributed by atoms with Gasteiger partial charge in [0.15, 0.2) is 5.82 Å². The number of carbonyl (C=O) groups is 1. The van der Waals surface area contributed by atoms with E-state index in [2.05, 4.69) is 27.4 Å². The second-order valence-electron chi connectivity index (χ2n) is 5.80. The first-order valence-corrected chi connectivity index (χ1v) is 9.21. The van der Waals surface area contributed by atoms with Gasteiger partial charge in [-0.25, -0.2) is 4.98 Å². The molecule has 0 saturated carbocycles. The third kappa shape index (κ3) is 3.96. The van der Waals surface area contributed by atoms with Crippen LogP contribution in [0.3, 0.4) is 0 Å². The lowest BCUT2D eigenvalue weighted by atomic mass is 10.1. The highest BCUT2D eigenvalue weighted by atomic mass is 32.2. The van der Waals surface area contributed by atoms with Gasteiger partial charge in [-0.2, -0.15) is 0 Å². The van der Waals surface area contributed by atoms with Crippen LogP contribution in [0.25, 0.3) is 0 Å². The van der Waals surface area contributed by atoms with Crippen molar-refractivity contribution < 1.29 is 9.53 Å². The molecular formula is C17H22N4O2S. The first-order chi connectivity index (χ1) is 11.7. The first-order valence-electron chi connectivity index (χ1n) is 8.22. The smallest absolute Gasteiger partial charge is 0.234 e. The Kier molecular flexibility index (Phi) is 5.52. The van der Waals surface area contributed by atoms with Gasteiger partial charge in [-0.3, -0.25) is 9.89 Å². The lowest BCUT2D eigenvalue weighted by molar-refractivity contribution is -0.113. The number of ether oxygens (including phenoxy) is 1. The summed E-state index contributed by atoms with van der Waals surface area (Å²) in [4.78, 5) is 16.7. The monoisotopic (exact) mass is 346 g/mol. The summed E-state index contributed by atoms with van der Waals surface area (Å²) in [5.74, 6) is 0.982. The number of H-pyrrole nitrogens is 1. The van der Waals surface area contributed by atoms with Crippen LogP contribution >= 0.6 is 11.8 Å². The zero-order chi connectivity index (χ0) is 16.9. The minimum absolute atomic E-state index is 0.0137. The molecule has 6 nitrogen and oxygen atoms in total. The number of carbonyl (C=O) groups excluding carboxylic acids is 1. The standard InChI is InChI=1S/C17H22N4O2S/c1-3-12-7-4-6-11(2)15(12)18-14(22)10-24-17-19-16(20-21-17)13-8-5-9-23-13/h4,6-7,13H,3,5,8-10H2,1-2H3,(H,18,22)(H,19,20,21)/t13-/m1/s1. The van der Waals surface area contributed by atoms with Gasteiger partial charge in [0.2, 0.25) is 11.1 Å². The van der Waals surface area contributed by atoms with Crippen LogP contribution in [0.2, 0.25) is 0 Å². The van der Waals surface area contributed by atoms with Crippen LogP contribution in [-0.2, 0) is 16.0 Å². The van der Waals surface area contributed by atoms with Crippen LogP contribution in [0.4, 0.5) is 5.69 Å². The molecule has 1 atom stereocenters. The van der Waals surface area contributed by atoms with Gasteiger partial charge in [0.25, 0.3) is 0 Å². The van der Waals surface area contributed by atoms with E-state index in [1.165, 1.54) is 11.8 Å². The van der Waals surface area contributed by atoms with E-state index in [1.54, 1.807) is 0 Å². The van der Waals surface area contributed by atoms with Gasteiger partial charge in [0.05, 0.1) is 5.75 Å². The third-order valence-corrected chi connectivity index (χ3v) is 4.90. The van der Waals surface area contributed by atoms with E-state index < -0.39 is 0 Å². The van der Waals surface area contributed by atoms with Crippen molar-refractivity contribution in [1.82, 2.24) is 15.2 Å². The average molecular weight is 346 g/mol. The summed E-state index contributed by atoms with van der Waals surface area (Å²) in [6.45, 7) is 4.86. The third-order valence-electron chi connectivity index (χ3n) is 4.05. The molecule has 1 aliphatic rings. The SMILES string of the molecule is CCc1cccc(C)c1NC(=O)CSc1n[nH]c([C@H]2CCCO2)n1. The molecule has 128 valence electrons. The maximum Gasteiger partial charge on any atom is 0.234 e. The number of anilines is 1. The van der Waals surface area contributed by atoms with E-state index >= 15 is 0 Å². The first kappa shape index (κ1) is 17.0. The number of aryl methyl sites for hydroxylation is 2. The molecule has 0 aliphatic carbocycles. The molecule has 1 aromatic carbocycles. The van der Waals surface area contributed by atoms with Crippen molar-refractivity contribution in [1.29, 1.82) is 0 Å². The molecule has 2 N–H and O–H groups in total. The fraction of sp³-hybridized carbons (Fsp3) is 0.471. The number of aromatic nitrogens is 3. The predicted octanol–water partition coefficient (Wildman–Crippen LogP) is 3.26. The average Bonchev–Trinajstić information content (AvgIpc) is 3.26. The van der Waals surface area contributed by atoms with Gasteiger partial charge in [-0.15, -0.1) is 5.10 Å².